The zero-order valence-corrected chi connectivity index (χ0v) is 18.0. The number of sulfonamides is 1. The van der Waals surface area contributed by atoms with Gasteiger partial charge < -0.3 is 9.47 Å². The minimum Gasteiger partial charge on any atom is -0.496 e. The van der Waals surface area contributed by atoms with E-state index >= 15 is 0 Å². The molecule has 1 aromatic heterocycles. The van der Waals surface area contributed by atoms with E-state index in [2.05, 4.69) is 25.8 Å². The summed E-state index contributed by atoms with van der Waals surface area (Å²) in [4.78, 5) is 12.5. The number of ether oxygens (including phenoxy) is 2. The van der Waals surface area contributed by atoms with Gasteiger partial charge in [0.15, 0.2) is 0 Å². The summed E-state index contributed by atoms with van der Waals surface area (Å²) in [5.41, 5.74) is 0.938. The predicted molar refractivity (Wildman–Crippen MR) is 110 cm³/mol. The first-order chi connectivity index (χ1) is 13.8. The molecule has 0 spiro atoms. The molecule has 0 aliphatic heterocycles. The monoisotopic (exact) mass is 479 g/mol. The van der Waals surface area contributed by atoms with Crippen LogP contribution in [-0.4, -0.2) is 38.3 Å². The van der Waals surface area contributed by atoms with E-state index in [-0.39, 0.29) is 16.2 Å². The van der Waals surface area contributed by atoms with Gasteiger partial charge in [-0.15, -0.1) is 0 Å². The second kappa shape index (κ2) is 8.66. The number of carbonyl (C=O) groups is 1. The summed E-state index contributed by atoms with van der Waals surface area (Å²) in [6, 6.07) is 11.0. The molecule has 2 aromatic carbocycles. The van der Waals surface area contributed by atoms with E-state index in [1.807, 2.05) is 0 Å². The summed E-state index contributed by atoms with van der Waals surface area (Å²) in [6.07, 6.45) is 3.47. The van der Waals surface area contributed by atoms with Gasteiger partial charge >= 0.3 is 0 Å². The minimum atomic E-state index is -4.15. The second-order valence-electron chi connectivity index (χ2n) is 5.96. The normalized spacial score (nSPS) is 11.1. The Morgan fingerprint density at radius 2 is 1.90 bits per heavy atom. The number of hydrogen-bond donors (Lipinski definition) is 1. The molecule has 0 radical (unpaired) electrons. The van der Waals surface area contributed by atoms with E-state index in [0.29, 0.717) is 16.8 Å². The summed E-state index contributed by atoms with van der Waals surface area (Å²) in [7, 11) is -1.32. The van der Waals surface area contributed by atoms with Gasteiger partial charge in [0.1, 0.15) is 16.4 Å². The summed E-state index contributed by atoms with van der Waals surface area (Å²) in [5.74, 6) is -0.206. The third-order valence-corrected chi connectivity index (χ3v) is 5.93. The zero-order chi connectivity index (χ0) is 21.0. The molecule has 3 aromatic rings. The SMILES string of the molecule is COc1cc(C(=O)NS(=O)(=O)c2cc(Br)ccc2OC)ccc1Cn1cccn1. The lowest BCUT2D eigenvalue weighted by molar-refractivity contribution is 0.0981. The van der Waals surface area contributed by atoms with E-state index in [9.17, 15) is 13.2 Å². The molecule has 0 bridgehead atoms. The second-order valence-corrected chi connectivity index (χ2v) is 8.53. The largest absolute Gasteiger partial charge is 0.496 e. The van der Waals surface area contributed by atoms with Crippen LogP contribution >= 0.6 is 15.9 Å². The lowest BCUT2D eigenvalue weighted by Gasteiger charge is -2.13. The van der Waals surface area contributed by atoms with Crippen molar-refractivity contribution in [3.05, 3.63) is 70.5 Å². The van der Waals surface area contributed by atoms with Crippen molar-refractivity contribution in [2.45, 2.75) is 11.4 Å². The molecule has 3 rings (SSSR count). The van der Waals surface area contributed by atoms with Gasteiger partial charge in [0.05, 0.1) is 20.8 Å². The quantitative estimate of drug-likeness (QED) is 0.559. The van der Waals surface area contributed by atoms with Gasteiger partial charge in [-0.05, 0) is 36.4 Å². The van der Waals surface area contributed by atoms with Gasteiger partial charge in [0.2, 0.25) is 0 Å². The van der Waals surface area contributed by atoms with Gasteiger partial charge in [-0.1, -0.05) is 22.0 Å². The standard InChI is InChI=1S/C19H18BrN3O5S/c1-27-16-7-6-15(20)11-18(16)29(25,26)22-19(24)13-4-5-14(17(10-13)28-2)12-23-9-3-8-21-23/h3-11H,12H2,1-2H3,(H,22,24). The molecule has 0 atom stereocenters. The number of amides is 1. The number of nitrogens with one attached hydrogen (secondary N) is 1. The summed E-state index contributed by atoms with van der Waals surface area (Å²) >= 11 is 3.22. The van der Waals surface area contributed by atoms with E-state index in [1.165, 1.54) is 38.5 Å². The van der Waals surface area contributed by atoms with Gasteiger partial charge in [0.25, 0.3) is 15.9 Å². The molecular weight excluding hydrogens is 462 g/mol. The molecule has 152 valence electrons. The Morgan fingerprint density at radius 1 is 1.14 bits per heavy atom. The van der Waals surface area contributed by atoms with E-state index < -0.39 is 15.9 Å². The van der Waals surface area contributed by atoms with E-state index in [4.69, 9.17) is 9.47 Å². The highest BCUT2D eigenvalue weighted by atomic mass is 79.9. The number of carbonyl (C=O) groups excluding carboxylic acids is 1. The average molecular weight is 480 g/mol. The van der Waals surface area contributed by atoms with Crippen LogP contribution in [-0.2, 0) is 16.6 Å². The first-order valence-electron chi connectivity index (χ1n) is 8.39. The van der Waals surface area contributed by atoms with E-state index in [0.717, 1.165) is 5.56 Å². The zero-order valence-electron chi connectivity index (χ0n) is 15.6. The molecule has 10 heteroatoms. The maximum absolute atomic E-state index is 12.7. The molecule has 1 amide bonds. The van der Waals surface area contributed by atoms with Crippen LogP contribution in [0.5, 0.6) is 11.5 Å². The highest BCUT2D eigenvalue weighted by Crippen LogP contribution is 2.27. The van der Waals surface area contributed by atoms with Gasteiger partial charge in [-0.2, -0.15) is 5.10 Å². The van der Waals surface area contributed by atoms with Crippen molar-refractivity contribution in [1.29, 1.82) is 0 Å². The van der Waals surface area contributed by atoms with Crippen LogP contribution in [0.4, 0.5) is 0 Å². The van der Waals surface area contributed by atoms with Crippen LogP contribution in [0.25, 0.3) is 0 Å². The Bertz CT molecular complexity index is 1130. The number of methoxy groups -OCH3 is 2. The van der Waals surface area contributed by atoms with Crippen molar-refractivity contribution in [2.24, 2.45) is 0 Å². The molecule has 0 saturated heterocycles. The van der Waals surface area contributed by atoms with Crippen molar-refractivity contribution in [2.75, 3.05) is 14.2 Å². The molecular formula is C19H18BrN3O5S. The summed E-state index contributed by atoms with van der Waals surface area (Å²) in [6.45, 7) is 0.450. The van der Waals surface area contributed by atoms with Crippen molar-refractivity contribution in [3.63, 3.8) is 0 Å². The van der Waals surface area contributed by atoms with Crippen LogP contribution in [0.1, 0.15) is 15.9 Å². The third-order valence-electron chi connectivity index (χ3n) is 4.08. The lowest BCUT2D eigenvalue weighted by Crippen LogP contribution is -2.31. The first-order valence-corrected chi connectivity index (χ1v) is 10.7. The van der Waals surface area contributed by atoms with E-state index in [1.54, 1.807) is 35.3 Å². The Hall–Kier alpha value is -2.85. The van der Waals surface area contributed by atoms with Gasteiger partial charge in [0, 0.05) is 28.0 Å². The number of halogens is 1. The number of nitrogens with zero attached hydrogens (tertiary/aromatic N) is 2. The van der Waals surface area contributed by atoms with Gasteiger partial charge in [-0.25, -0.2) is 13.1 Å². The number of benzene rings is 2. The summed E-state index contributed by atoms with van der Waals surface area (Å²) < 4.78 is 40.2. The number of hydrogen-bond acceptors (Lipinski definition) is 6. The van der Waals surface area contributed by atoms with Crippen LogP contribution in [0, 0.1) is 0 Å². The van der Waals surface area contributed by atoms with Crippen molar-refractivity contribution in [1.82, 2.24) is 14.5 Å². The molecule has 1 N–H and O–H groups in total. The van der Waals surface area contributed by atoms with Crippen LogP contribution in [0.15, 0.2) is 64.2 Å². The average Bonchev–Trinajstić information content (AvgIpc) is 3.21. The Morgan fingerprint density at radius 3 is 2.55 bits per heavy atom. The fraction of sp³-hybridized carbons (Fsp3) is 0.158. The number of rotatable bonds is 7. The van der Waals surface area contributed by atoms with Gasteiger partial charge in [-0.3, -0.25) is 9.48 Å². The predicted octanol–water partition coefficient (Wildman–Crippen LogP) is 2.83. The lowest BCUT2D eigenvalue weighted by atomic mass is 10.1. The van der Waals surface area contributed by atoms with Crippen LogP contribution in [0.2, 0.25) is 0 Å². The fourth-order valence-corrected chi connectivity index (χ4v) is 4.36. The molecule has 0 unspecified atom stereocenters. The minimum absolute atomic E-state index is 0.126. The maximum atomic E-state index is 12.7. The topological polar surface area (TPSA) is 99.5 Å². The Kier molecular flexibility index (Phi) is 6.23. The fourth-order valence-electron chi connectivity index (χ4n) is 2.68. The van der Waals surface area contributed by atoms with Crippen LogP contribution < -0.4 is 14.2 Å². The highest BCUT2D eigenvalue weighted by molar-refractivity contribution is 9.10. The molecule has 0 fully saturated rings. The Balaban J connectivity index is 1.86. The molecule has 8 nitrogen and oxygen atoms in total. The van der Waals surface area contributed by atoms with Crippen molar-refractivity contribution >= 4 is 31.9 Å². The molecule has 0 aliphatic rings. The molecule has 0 saturated carbocycles. The molecule has 1 heterocycles. The van der Waals surface area contributed by atoms with Crippen molar-refractivity contribution in [3.8, 4) is 11.5 Å². The number of aromatic nitrogens is 2. The Labute approximate surface area is 176 Å². The molecule has 0 aliphatic carbocycles. The highest BCUT2D eigenvalue weighted by Gasteiger charge is 2.24. The third kappa shape index (κ3) is 4.77. The smallest absolute Gasteiger partial charge is 0.268 e. The summed E-state index contributed by atoms with van der Waals surface area (Å²) in [5, 5.41) is 4.14. The first kappa shape index (κ1) is 20.9. The molecule has 29 heavy (non-hydrogen) atoms. The maximum Gasteiger partial charge on any atom is 0.268 e. The van der Waals surface area contributed by atoms with Crippen LogP contribution in [0.3, 0.4) is 0 Å². The van der Waals surface area contributed by atoms with Crippen molar-refractivity contribution < 1.29 is 22.7 Å².